The van der Waals surface area contributed by atoms with Crippen LogP contribution in [0, 0.1) is 0 Å². The Kier molecular flexibility index (Phi) is 4.12. The molecule has 1 aliphatic carbocycles. The van der Waals surface area contributed by atoms with Gasteiger partial charge in [-0.2, -0.15) is 0 Å². The Labute approximate surface area is 148 Å². The van der Waals surface area contributed by atoms with Crippen LogP contribution in [-0.2, 0) is 17.6 Å². The zero-order chi connectivity index (χ0) is 16.5. The molecule has 4 rings (SSSR count). The molecule has 0 saturated carbocycles. The fourth-order valence-electron chi connectivity index (χ4n) is 3.15. The Balaban J connectivity index is 1.55. The maximum atomic E-state index is 12.3. The van der Waals surface area contributed by atoms with Crippen molar-refractivity contribution < 1.29 is 4.79 Å². The zero-order valence-electron chi connectivity index (χ0n) is 13.0. The number of thiazole rings is 1. The van der Waals surface area contributed by atoms with E-state index >= 15 is 0 Å². The molecule has 6 heteroatoms. The number of anilines is 1. The van der Waals surface area contributed by atoms with Crippen molar-refractivity contribution in [1.82, 2.24) is 9.38 Å². The number of aromatic nitrogens is 2. The molecule has 0 aliphatic heterocycles. The number of hydrogen-bond donors (Lipinski definition) is 1. The first-order chi connectivity index (χ1) is 11.7. The van der Waals surface area contributed by atoms with Gasteiger partial charge in [0, 0.05) is 23.3 Å². The van der Waals surface area contributed by atoms with Crippen LogP contribution in [0.4, 0.5) is 5.69 Å². The van der Waals surface area contributed by atoms with Gasteiger partial charge in [0.15, 0.2) is 10.1 Å². The molecule has 0 atom stereocenters. The predicted octanol–water partition coefficient (Wildman–Crippen LogP) is 4.58. The normalized spacial score (nSPS) is 14.2. The van der Waals surface area contributed by atoms with E-state index < -0.39 is 0 Å². The largest absolute Gasteiger partial charge is 0.322 e. The maximum absolute atomic E-state index is 12.3. The van der Waals surface area contributed by atoms with Crippen LogP contribution in [-0.4, -0.2) is 15.3 Å². The van der Waals surface area contributed by atoms with Gasteiger partial charge in [-0.1, -0.05) is 23.7 Å². The summed E-state index contributed by atoms with van der Waals surface area (Å²) in [4.78, 5) is 17.4. The molecule has 0 fully saturated rings. The standard InChI is InChI=1S/C18H16ClN3OS/c19-17-15(22-10-11-24-18(22)21-17)8-9-16(23)20-14-7-3-5-12-4-1-2-6-13(12)14/h3,5,7-11H,1-2,4,6H2,(H,20,23)/b9-8+. The van der Waals surface area contributed by atoms with Gasteiger partial charge in [-0.15, -0.1) is 11.3 Å². The van der Waals surface area contributed by atoms with Gasteiger partial charge in [-0.25, -0.2) is 4.98 Å². The van der Waals surface area contributed by atoms with Crippen molar-refractivity contribution in [2.24, 2.45) is 0 Å². The van der Waals surface area contributed by atoms with E-state index in [1.165, 1.54) is 41.4 Å². The lowest BCUT2D eigenvalue weighted by atomic mass is 9.90. The summed E-state index contributed by atoms with van der Waals surface area (Å²) < 4.78 is 1.88. The minimum atomic E-state index is -0.157. The minimum absolute atomic E-state index is 0.157. The summed E-state index contributed by atoms with van der Waals surface area (Å²) in [7, 11) is 0. The second-order valence-corrected chi connectivity index (χ2v) is 7.05. The van der Waals surface area contributed by atoms with E-state index in [-0.39, 0.29) is 5.91 Å². The number of fused-ring (bicyclic) bond motifs is 2. The average Bonchev–Trinajstić information content (AvgIpc) is 3.14. The van der Waals surface area contributed by atoms with E-state index in [2.05, 4.69) is 16.4 Å². The van der Waals surface area contributed by atoms with Gasteiger partial charge in [0.05, 0.1) is 5.69 Å². The van der Waals surface area contributed by atoms with Crippen LogP contribution in [0.2, 0.25) is 5.15 Å². The summed E-state index contributed by atoms with van der Waals surface area (Å²) in [5.74, 6) is -0.157. The molecule has 24 heavy (non-hydrogen) atoms. The maximum Gasteiger partial charge on any atom is 0.248 e. The lowest BCUT2D eigenvalue weighted by Gasteiger charge is -2.19. The van der Waals surface area contributed by atoms with Crippen molar-refractivity contribution in [2.75, 3.05) is 5.32 Å². The van der Waals surface area contributed by atoms with E-state index in [1.807, 2.05) is 28.1 Å². The SMILES string of the molecule is O=C(/C=C/c1c(Cl)nc2sccn12)Nc1cccc2c1CCCC2. The molecule has 1 N–H and O–H groups in total. The van der Waals surface area contributed by atoms with Crippen molar-refractivity contribution in [3.8, 4) is 0 Å². The number of aryl methyl sites for hydroxylation is 1. The van der Waals surface area contributed by atoms with E-state index in [0.29, 0.717) is 5.15 Å². The van der Waals surface area contributed by atoms with Crippen LogP contribution in [0.3, 0.4) is 0 Å². The molecule has 1 amide bonds. The van der Waals surface area contributed by atoms with E-state index in [9.17, 15) is 4.79 Å². The zero-order valence-corrected chi connectivity index (χ0v) is 14.5. The number of nitrogens with zero attached hydrogens (tertiary/aromatic N) is 2. The predicted molar refractivity (Wildman–Crippen MR) is 98.8 cm³/mol. The monoisotopic (exact) mass is 357 g/mol. The third-order valence-electron chi connectivity index (χ3n) is 4.30. The number of nitrogens with one attached hydrogen (secondary N) is 1. The summed E-state index contributed by atoms with van der Waals surface area (Å²) >= 11 is 7.65. The summed E-state index contributed by atoms with van der Waals surface area (Å²) in [6.07, 6.45) is 9.63. The number of amides is 1. The summed E-state index contributed by atoms with van der Waals surface area (Å²) in [5, 5.41) is 5.34. The lowest BCUT2D eigenvalue weighted by Crippen LogP contribution is -2.13. The van der Waals surface area contributed by atoms with E-state index in [4.69, 9.17) is 11.6 Å². The van der Waals surface area contributed by atoms with Crippen LogP contribution in [0.5, 0.6) is 0 Å². The summed E-state index contributed by atoms with van der Waals surface area (Å²) in [5.41, 5.74) is 4.26. The van der Waals surface area contributed by atoms with Crippen molar-refractivity contribution in [3.63, 3.8) is 0 Å². The number of rotatable bonds is 3. The van der Waals surface area contributed by atoms with Gasteiger partial charge in [-0.05, 0) is 49.0 Å². The molecule has 0 radical (unpaired) electrons. The number of halogens is 1. The molecule has 2 heterocycles. The number of carbonyl (C=O) groups is 1. The van der Waals surface area contributed by atoms with Gasteiger partial charge >= 0.3 is 0 Å². The Bertz CT molecular complexity index is 941. The molecule has 4 nitrogen and oxygen atoms in total. The number of hydrogen-bond acceptors (Lipinski definition) is 3. The van der Waals surface area contributed by atoms with Crippen molar-refractivity contribution >= 4 is 45.6 Å². The van der Waals surface area contributed by atoms with Gasteiger partial charge in [0.25, 0.3) is 0 Å². The first kappa shape index (κ1) is 15.4. The number of benzene rings is 1. The van der Waals surface area contributed by atoms with Crippen molar-refractivity contribution in [3.05, 3.63) is 57.8 Å². The van der Waals surface area contributed by atoms with Crippen molar-refractivity contribution in [2.45, 2.75) is 25.7 Å². The Morgan fingerprint density at radius 3 is 3.12 bits per heavy atom. The molecule has 1 aliphatic rings. The molecule has 2 aromatic heterocycles. The van der Waals surface area contributed by atoms with Crippen LogP contribution in [0.25, 0.3) is 11.0 Å². The van der Waals surface area contributed by atoms with Gasteiger partial charge in [0.1, 0.15) is 0 Å². The fraction of sp³-hybridized carbons (Fsp3) is 0.222. The highest BCUT2D eigenvalue weighted by Crippen LogP contribution is 2.28. The minimum Gasteiger partial charge on any atom is -0.322 e. The average molecular weight is 358 g/mol. The number of imidazole rings is 1. The third-order valence-corrected chi connectivity index (χ3v) is 5.34. The van der Waals surface area contributed by atoms with Crippen LogP contribution >= 0.6 is 22.9 Å². The smallest absolute Gasteiger partial charge is 0.248 e. The summed E-state index contributed by atoms with van der Waals surface area (Å²) in [6, 6.07) is 6.13. The van der Waals surface area contributed by atoms with Gasteiger partial charge in [-0.3, -0.25) is 9.20 Å². The molecule has 0 saturated heterocycles. The molecule has 0 spiro atoms. The molecular formula is C18H16ClN3OS. The first-order valence-electron chi connectivity index (χ1n) is 7.93. The van der Waals surface area contributed by atoms with E-state index in [0.717, 1.165) is 29.2 Å². The highest BCUT2D eigenvalue weighted by atomic mass is 35.5. The molecule has 3 aromatic rings. The third kappa shape index (κ3) is 2.85. The second kappa shape index (κ2) is 6.42. The first-order valence-corrected chi connectivity index (χ1v) is 9.19. The summed E-state index contributed by atoms with van der Waals surface area (Å²) in [6.45, 7) is 0. The Hall–Kier alpha value is -2.11. The van der Waals surface area contributed by atoms with Crippen LogP contribution in [0.1, 0.15) is 29.7 Å². The second-order valence-electron chi connectivity index (χ2n) is 5.82. The lowest BCUT2D eigenvalue weighted by molar-refractivity contribution is -0.111. The molecule has 122 valence electrons. The van der Waals surface area contributed by atoms with Gasteiger partial charge < -0.3 is 5.32 Å². The van der Waals surface area contributed by atoms with Crippen LogP contribution < -0.4 is 5.32 Å². The Morgan fingerprint density at radius 1 is 1.33 bits per heavy atom. The van der Waals surface area contributed by atoms with Crippen molar-refractivity contribution in [1.29, 1.82) is 0 Å². The van der Waals surface area contributed by atoms with E-state index in [1.54, 1.807) is 6.08 Å². The fourth-order valence-corrected chi connectivity index (χ4v) is 4.16. The Morgan fingerprint density at radius 2 is 2.21 bits per heavy atom. The van der Waals surface area contributed by atoms with Crippen LogP contribution in [0.15, 0.2) is 35.9 Å². The number of carbonyl (C=O) groups excluding carboxylic acids is 1. The van der Waals surface area contributed by atoms with Gasteiger partial charge in [0.2, 0.25) is 5.91 Å². The highest BCUT2D eigenvalue weighted by molar-refractivity contribution is 7.15. The molecule has 0 unspecified atom stereocenters. The highest BCUT2D eigenvalue weighted by Gasteiger charge is 2.14. The molecule has 1 aromatic carbocycles. The molecule has 0 bridgehead atoms. The quantitative estimate of drug-likeness (QED) is 0.697. The molecular weight excluding hydrogens is 342 g/mol. The topological polar surface area (TPSA) is 46.4 Å².